The van der Waals surface area contributed by atoms with Crippen LogP contribution in [0.15, 0.2) is 65.7 Å². The predicted molar refractivity (Wildman–Crippen MR) is 102 cm³/mol. The third-order valence-corrected chi connectivity index (χ3v) is 4.47. The van der Waals surface area contributed by atoms with Crippen molar-refractivity contribution in [1.82, 2.24) is 25.1 Å². The maximum atomic E-state index is 12.4. The number of pyridine rings is 1. The van der Waals surface area contributed by atoms with E-state index in [-0.39, 0.29) is 11.3 Å². The Labute approximate surface area is 152 Å². The van der Waals surface area contributed by atoms with E-state index in [0.29, 0.717) is 22.4 Å². The number of para-hydroxylation sites is 1. The van der Waals surface area contributed by atoms with Gasteiger partial charge in [0, 0.05) is 17.1 Å². The highest BCUT2D eigenvalue weighted by atomic mass is 16.3. The Morgan fingerprint density at radius 2 is 1.78 bits per heavy atom. The first-order chi connectivity index (χ1) is 13.2. The molecule has 2 aromatic carbocycles. The molecular formula is C20H13N5O2. The quantitative estimate of drug-likeness (QED) is 0.451. The number of aromatic nitrogens is 5. The number of aromatic amines is 2. The van der Waals surface area contributed by atoms with Crippen molar-refractivity contribution in [2.45, 2.75) is 0 Å². The molecule has 3 N–H and O–H groups in total. The number of aromatic hydroxyl groups is 1. The summed E-state index contributed by atoms with van der Waals surface area (Å²) in [5.74, 6) is 0.497. The Bertz CT molecular complexity index is 1370. The number of benzene rings is 2. The zero-order chi connectivity index (χ0) is 18.4. The van der Waals surface area contributed by atoms with Crippen LogP contribution in [0, 0.1) is 0 Å². The second-order valence-electron chi connectivity index (χ2n) is 6.20. The molecule has 27 heavy (non-hydrogen) atoms. The highest BCUT2D eigenvalue weighted by Gasteiger charge is 2.13. The van der Waals surface area contributed by atoms with Crippen molar-refractivity contribution < 1.29 is 5.11 Å². The predicted octanol–water partition coefficient (Wildman–Crippen LogP) is 3.23. The van der Waals surface area contributed by atoms with Crippen molar-refractivity contribution in [3.63, 3.8) is 0 Å². The molecule has 0 spiro atoms. The van der Waals surface area contributed by atoms with Crippen LogP contribution in [0.25, 0.3) is 44.5 Å². The fourth-order valence-electron chi connectivity index (χ4n) is 3.17. The van der Waals surface area contributed by atoms with Crippen LogP contribution in [-0.4, -0.2) is 30.3 Å². The Morgan fingerprint density at radius 3 is 2.67 bits per heavy atom. The van der Waals surface area contributed by atoms with E-state index in [1.54, 1.807) is 24.4 Å². The molecule has 0 aliphatic heterocycles. The van der Waals surface area contributed by atoms with Crippen LogP contribution >= 0.6 is 0 Å². The molecule has 5 aromatic rings. The van der Waals surface area contributed by atoms with E-state index in [1.165, 1.54) is 6.20 Å². The Kier molecular flexibility index (Phi) is 3.26. The topological polar surface area (TPSA) is 108 Å². The second-order valence-corrected chi connectivity index (χ2v) is 6.20. The minimum absolute atomic E-state index is 0.0977. The van der Waals surface area contributed by atoms with Gasteiger partial charge in [-0.15, -0.1) is 0 Å². The van der Waals surface area contributed by atoms with Gasteiger partial charge in [-0.2, -0.15) is 10.1 Å². The molecule has 7 heteroatoms. The number of nitrogens with zero attached hydrogens (tertiary/aromatic N) is 3. The molecule has 5 rings (SSSR count). The lowest BCUT2D eigenvalue weighted by atomic mass is 10.0. The largest absolute Gasteiger partial charge is 0.506 e. The molecule has 0 aliphatic rings. The first-order valence-corrected chi connectivity index (χ1v) is 8.31. The van der Waals surface area contributed by atoms with Crippen molar-refractivity contribution in [3.8, 4) is 28.4 Å². The van der Waals surface area contributed by atoms with E-state index in [9.17, 15) is 9.90 Å². The third kappa shape index (κ3) is 2.53. The summed E-state index contributed by atoms with van der Waals surface area (Å²) in [6.07, 6.45) is 3.06. The summed E-state index contributed by atoms with van der Waals surface area (Å²) in [6.45, 7) is 0. The zero-order valence-corrected chi connectivity index (χ0v) is 14.0. The lowest BCUT2D eigenvalue weighted by Gasteiger charge is -2.04. The summed E-state index contributed by atoms with van der Waals surface area (Å²) < 4.78 is 0. The van der Waals surface area contributed by atoms with Crippen molar-refractivity contribution in [2.75, 3.05) is 0 Å². The van der Waals surface area contributed by atoms with E-state index in [2.05, 4.69) is 25.1 Å². The molecule has 0 radical (unpaired) electrons. The van der Waals surface area contributed by atoms with E-state index in [0.717, 1.165) is 22.0 Å². The molecule has 0 saturated carbocycles. The van der Waals surface area contributed by atoms with Gasteiger partial charge in [0.05, 0.1) is 22.6 Å². The lowest BCUT2D eigenvalue weighted by molar-refractivity contribution is 0.473. The number of hydrogen-bond acceptors (Lipinski definition) is 5. The summed E-state index contributed by atoms with van der Waals surface area (Å²) in [5.41, 5.74) is 3.43. The molecule has 3 aromatic heterocycles. The summed E-state index contributed by atoms with van der Waals surface area (Å²) in [7, 11) is 0. The molecule has 0 aliphatic carbocycles. The summed E-state index contributed by atoms with van der Waals surface area (Å²) in [4.78, 5) is 23.7. The summed E-state index contributed by atoms with van der Waals surface area (Å²) in [6, 6.07) is 14.6. The van der Waals surface area contributed by atoms with Crippen molar-refractivity contribution in [3.05, 3.63) is 71.3 Å². The maximum Gasteiger partial charge on any atom is 0.281 e. The molecular weight excluding hydrogens is 342 g/mol. The molecule has 0 saturated heterocycles. The fourth-order valence-corrected chi connectivity index (χ4v) is 3.17. The average Bonchev–Trinajstić information content (AvgIpc) is 3.11. The molecule has 0 atom stereocenters. The first kappa shape index (κ1) is 15.3. The van der Waals surface area contributed by atoms with Gasteiger partial charge < -0.3 is 10.1 Å². The Hall–Kier alpha value is -4.00. The molecule has 0 amide bonds. The van der Waals surface area contributed by atoms with E-state index < -0.39 is 0 Å². The molecule has 130 valence electrons. The van der Waals surface area contributed by atoms with Gasteiger partial charge in [-0.25, -0.2) is 0 Å². The molecule has 0 fully saturated rings. The minimum Gasteiger partial charge on any atom is -0.506 e. The molecule has 7 nitrogen and oxygen atoms in total. The highest BCUT2D eigenvalue weighted by Crippen LogP contribution is 2.29. The van der Waals surface area contributed by atoms with Crippen molar-refractivity contribution >= 4 is 21.8 Å². The van der Waals surface area contributed by atoms with Gasteiger partial charge in [0.1, 0.15) is 11.4 Å². The average molecular weight is 355 g/mol. The van der Waals surface area contributed by atoms with E-state index >= 15 is 0 Å². The number of hydrogen-bond donors (Lipinski definition) is 3. The van der Waals surface area contributed by atoms with E-state index in [1.807, 2.05) is 30.3 Å². The standard InChI is InChI=1S/C20H13N5O2/c26-13-7-12(9-21-10-13)11-5-6-17-15(8-11)18(25-24-17)19-22-16-4-2-1-3-14(16)20(27)23-19/h1-10,26H,(H,24,25)(H,22,23,27). The van der Waals surface area contributed by atoms with Crippen LogP contribution < -0.4 is 5.56 Å². The molecule has 3 heterocycles. The lowest BCUT2D eigenvalue weighted by Crippen LogP contribution is -2.09. The number of fused-ring (bicyclic) bond motifs is 2. The SMILES string of the molecule is O=c1nc(-c2n[nH]c3ccc(-c4cncc(O)c4)cc23)[nH]c2ccccc12. The fraction of sp³-hybridized carbons (Fsp3) is 0. The van der Waals surface area contributed by atoms with Crippen molar-refractivity contribution in [1.29, 1.82) is 0 Å². The van der Waals surface area contributed by atoms with Gasteiger partial charge in [-0.1, -0.05) is 18.2 Å². The number of H-pyrrole nitrogens is 2. The monoisotopic (exact) mass is 355 g/mol. The van der Waals surface area contributed by atoms with Crippen LogP contribution in [0.5, 0.6) is 5.75 Å². The second kappa shape index (κ2) is 5.77. The van der Waals surface area contributed by atoms with Gasteiger partial charge in [0.25, 0.3) is 5.56 Å². The van der Waals surface area contributed by atoms with Gasteiger partial charge in [0.15, 0.2) is 5.82 Å². The Balaban J connectivity index is 1.72. The first-order valence-electron chi connectivity index (χ1n) is 8.31. The maximum absolute atomic E-state index is 12.4. The number of nitrogens with one attached hydrogen (secondary N) is 2. The normalized spacial score (nSPS) is 11.3. The van der Waals surface area contributed by atoms with Crippen LogP contribution in [0.4, 0.5) is 0 Å². The molecule has 0 bridgehead atoms. The summed E-state index contributed by atoms with van der Waals surface area (Å²) in [5, 5.41) is 18.3. The molecule has 0 unspecified atom stereocenters. The zero-order valence-electron chi connectivity index (χ0n) is 14.0. The highest BCUT2D eigenvalue weighted by molar-refractivity contribution is 5.95. The van der Waals surface area contributed by atoms with Gasteiger partial charge in [-0.05, 0) is 35.9 Å². The van der Waals surface area contributed by atoms with Crippen LogP contribution in [-0.2, 0) is 0 Å². The smallest absolute Gasteiger partial charge is 0.281 e. The van der Waals surface area contributed by atoms with Gasteiger partial charge >= 0.3 is 0 Å². The summed E-state index contributed by atoms with van der Waals surface area (Å²) >= 11 is 0. The van der Waals surface area contributed by atoms with Crippen LogP contribution in [0.2, 0.25) is 0 Å². The van der Waals surface area contributed by atoms with Crippen LogP contribution in [0.3, 0.4) is 0 Å². The Morgan fingerprint density at radius 1 is 0.889 bits per heavy atom. The van der Waals surface area contributed by atoms with Gasteiger partial charge in [-0.3, -0.25) is 14.9 Å². The van der Waals surface area contributed by atoms with Crippen molar-refractivity contribution in [2.24, 2.45) is 0 Å². The third-order valence-electron chi connectivity index (χ3n) is 4.47. The number of rotatable bonds is 2. The van der Waals surface area contributed by atoms with Crippen LogP contribution in [0.1, 0.15) is 0 Å². The van der Waals surface area contributed by atoms with Gasteiger partial charge in [0.2, 0.25) is 0 Å². The van der Waals surface area contributed by atoms with E-state index in [4.69, 9.17) is 0 Å². The minimum atomic E-state index is -0.302.